The summed E-state index contributed by atoms with van der Waals surface area (Å²) >= 11 is 6.07. The smallest absolute Gasteiger partial charge is 0.272 e. The van der Waals surface area contributed by atoms with Crippen LogP contribution in [0.1, 0.15) is 16.1 Å². The lowest BCUT2D eigenvalue weighted by molar-refractivity contribution is 0.102. The molecule has 0 unspecified atom stereocenters. The number of aromatic amines is 1. The van der Waals surface area contributed by atoms with E-state index >= 15 is 0 Å². The first-order chi connectivity index (χ1) is 13.1. The molecule has 1 heterocycles. The normalized spacial score (nSPS) is 10.3. The van der Waals surface area contributed by atoms with Gasteiger partial charge in [0.2, 0.25) is 5.43 Å². The molecule has 2 aromatic carbocycles. The molecular formula is C20H17ClN2O4. The number of rotatable bonds is 6. The van der Waals surface area contributed by atoms with Gasteiger partial charge < -0.3 is 19.8 Å². The van der Waals surface area contributed by atoms with Crippen LogP contribution in [0.3, 0.4) is 0 Å². The number of halogens is 1. The minimum Gasteiger partial charge on any atom is -0.497 e. The monoisotopic (exact) mass is 384 g/mol. The molecule has 6 nitrogen and oxygen atoms in total. The largest absolute Gasteiger partial charge is 0.497 e. The summed E-state index contributed by atoms with van der Waals surface area (Å²) in [5, 5.41) is 3.26. The van der Waals surface area contributed by atoms with Crippen molar-refractivity contribution >= 4 is 23.2 Å². The standard InChI is InChI=1S/C20H17ClN2O4/c1-26-15-7-4-6-14(9-15)23-20(25)17-10-18(24)19(11-22-17)27-12-13-5-2-3-8-16(13)21/h2-11H,12H2,1H3,(H,22,24)(H,23,25). The molecule has 0 saturated heterocycles. The molecular weight excluding hydrogens is 368 g/mol. The van der Waals surface area contributed by atoms with Gasteiger partial charge in [0, 0.05) is 34.6 Å². The van der Waals surface area contributed by atoms with E-state index in [1.807, 2.05) is 18.2 Å². The number of carbonyl (C=O) groups excluding carboxylic acids is 1. The summed E-state index contributed by atoms with van der Waals surface area (Å²) in [6, 6.07) is 15.3. The van der Waals surface area contributed by atoms with E-state index in [0.717, 1.165) is 5.56 Å². The molecule has 7 heteroatoms. The Morgan fingerprint density at radius 2 is 1.96 bits per heavy atom. The number of pyridine rings is 1. The van der Waals surface area contributed by atoms with Gasteiger partial charge in [-0.2, -0.15) is 0 Å². The fraction of sp³-hybridized carbons (Fsp3) is 0.100. The summed E-state index contributed by atoms with van der Waals surface area (Å²) in [6.45, 7) is 0.151. The average Bonchev–Trinajstić information content (AvgIpc) is 2.68. The Labute approximate surface area is 160 Å². The van der Waals surface area contributed by atoms with Gasteiger partial charge in [0.15, 0.2) is 5.75 Å². The van der Waals surface area contributed by atoms with E-state index in [1.165, 1.54) is 12.3 Å². The van der Waals surface area contributed by atoms with E-state index in [2.05, 4.69) is 10.3 Å². The number of H-pyrrole nitrogens is 1. The van der Waals surface area contributed by atoms with E-state index in [0.29, 0.717) is 16.5 Å². The van der Waals surface area contributed by atoms with Crippen LogP contribution in [0, 0.1) is 0 Å². The number of hydrogen-bond donors (Lipinski definition) is 2. The van der Waals surface area contributed by atoms with Crippen molar-refractivity contribution in [3.63, 3.8) is 0 Å². The summed E-state index contributed by atoms with van der Waals surface area (Å²) in [4.78, 5) is 27.3. The minimum atomic E-state index is -0.446. The molecule has 0 aliphatic rings. The molecule has 2 N–H and O–H groups in total. The third-order valence-corrected chi connectivity index (χ3v) is 4.16. The Kier molecular flexibility index (Phi) is 5.78. The minimum absolute atomic E-state index is 0.104. The lowest BCUT2D eigenvalue weighted by Gasteiger charge is -2.09. The lowest BCUT2D eigenvalue weighted by atomic mass is 10.2. The van der Waals surface area contributed by atoms with Gasteiger partial charge in [0.25, 0.3) is 5.91 Å². The summed E-state index contributed by atoms with van der Waals surface area (Å²) in [7, 11) is 1.54. The fourth-order valence-electron chi connectivity index (χ4n) is 2.37. The van der Waals surface area contributed by atoms with Crippen molar-refractivity contribution in [1.29, 1.82) is 0 Å². The summed E-state index contributed by atoms with van der Waals surface area (Å²) in [5.74, 6) is 0.274. The molecule has 0 spiro atoms. The number of aromatic nitrogens is 1. The van der Waals surface area contributed by atoms with E-state index in [1.54, 1.807) is 37.4 Å². The molecule has 0 aliphatic carbocycles. The van der Waals surface area contributed by atoms with Crippen molar-refractivity contribution in [1.82, 2.24) is 4.98 Å². The first-order valence-corrected chi connectivity index (χ1v) is 8.49. The number of ether oxygens (including phenoxy) is 2. The Morgan fingerprint density at radius 3 is 2.70 bits per heavy atom. The highest BCUT2D eigenvalue weighted by atomic mass is 35.5. The van der Waals surface area contributed by atoms with E-state index in [9.17, 15) is 9.59 Å². The highest BCUT2D eigenvalue weighted by Crippen LogP contribution is 2.18. The maximum absolute atomic E-state index is 12.3. The summed E-state index contributed by atoms with van der Waals surface area (Å²) in [5.41, 5.74) is 1.03. The van der Waals surface area contributed by atoms with Crippen molar-refractivity contribution in [2.45, 2.75) is 6.61 Å². The second-order valence-corrected chi connectivity index (χ2v) is 6.05. The van der Waals surface area contributed by atoms with E-state index in [4.69, 9.17) is 21.1 Å². The first-order valence-electron chi connectivity index (χ1n) is 8.11. The Morgan fingerprint density at radius 1 is 1.15 bits per heavy atom. The molecule has 0 bridgehead atoms. The number of hydrogen-bond acceptors (Lipinski definition) is 4. The van der Waals surface area contributed by atoms with E-state index < -0.39 is 11.3 Å². The molecule has 1 aromatic heterocycles. The fourth-order valence-corrected chi connectivity index (χ4v) is 2.56. The Hall–Kier alpha value is -3.25. The molecule has 0 saturated carbocycles. The van der Waals surface area contributed by atoms with Crippen molar-refractivity contribution in [2.24, 2.45) is 0 Å². The number of anilines is 1. The van der Waals surface area contributed by atoms with Crippen molar-refractivity contribution < 1.29 is 14.3 Å². The highest BCUT2D eigenvalue weighted by molar-refractivity contribution is 6.31. The zero-order valence-corrected chi connectivity index (χ0v) is 15.2. The van der Waals surface area contributed by atoms with Crippen LogP contribution in [-0.2, 0) is 6.61 Å². The highest BCUT2D eigenvalue weighted by Gasteiger charge is 2.11. The van der Waals surface area contributed by atoms with Gasteiger partial charge in [-0.3, -0.25) is 9.59 Å². The maximum atomic E-state index is 12.3. The number of amides is 1. The predicted octanol–water partition coefficient (Wildman–Crippen LogP) is 3.87. The van der Waals surface area contributed by atoms with Gasteiger partial charge in [0.05, 0.1) is 7.11 Å². The average molecular weight is 385 g/mol. The quantitative estimate of drug-likeness (QED) is 0.676. The number of carbonyl (C=O) groups is 1. The van der Waals surface area contributed by atoms with Gasteiger partial charge in [0.1, 0.15) is 18.1 Å². The molecule has 3 rings (SSSR count). The Bertz CT molecular complexity index is 1020. The summed E-state index contributed by atoms with van der Waals surface area (Å²) < 4.78 is 10.6. The third kappa shape index (κ3) is 4.68. The van der Waals surface area contributed by atoms with Crippen LogP contribution < -0.4 is 20.2 Å². The third-order valence-electron chi connectivity index (χ3n) is 3.79. The predicted molar refractivity (Wildman–Crippen MR) is 104 cm³/mol. The molecule has 0 atom stereocenters. The SMILES string of the molecule is COc1cccc(NC(=O)c2cc(=O)c(OCc3ccccc3Cl)c[nH]2)c1. The topological polar surface area (TPSA) is 80.4 Å². The molecule has 3 aromatic rings. The molecule has 1 amide bonds. The molecule has 27 heavy (non-hydrogen) atoms. The zero-order chi connectivity index (χ0) is 19.2. The molecule has 0 aliphatic heterocycles. The zero-order valence-electron chi connectivity index (χ0n) is 14.5. The maximum Gasteiger partial charge on any atom is 0.272 e. The van der Waals surface area contributed by atoms with Crippen LogP contribution in [0.4, 0.5) is 5.69 Å². The lowest BCUT2D eigenvalue weighted by Crippen LogP contribution is -2.17. The van der Waals surface area contributed by atoms with Crippen molar-refractivity contribution in [3.05, 3.63) is 87.3 Å². The van der Waals surface area contributed by atoms with Gasteiger partial charge in [-0.05, 0) is 18.2 Å². The van der Waals surface area contributed by atoms with Crippen molar-refractivity contribution in [3.8, 4) is 11.5 Å². The van der Waals surface area contributed by atoms with Gasteiger partial charge >= 0.3 is 0 Å². The van der Waals surface area contributed by atoms with E-state index in [-0.39, 0.29) is 18.1 Å². The van der Waals surface area contributed by atoms with Gasteiger partial charge in [-0.15, -0.1) is 0 Å². The van der Waals surface area contributed by atoms with Gasteiger partial charge in [-0.25, -0.2) is 0 Å². The van der Waals surface area contributed by atoms with Crippen LogP contribution in [0.5, 0.6) is 11.5 Å². The van der Waals surface area contributed by atoms with Crippen LogP contribution in [0.25, 0.3) is 0 Å². The number of benzene rings is 2. The molecule has 138 valence electrons. The second-order valence-electron chi connectivity index (χ2n) is 5.64. The van der Waals surface area contributed by atoms with Crippen molar-refractivity contribution in [2.75, 3.05) is 12.4 Å². The van der Waals surface area contributed by atoms with Crippen LogP contribution in [-0.4, -0.2) is 18.0 Å². The second kappa shape index (κ2) is 8.42. The van der Waals surface area contributed by atoms with Crippen LogP contribution >= 0.6 is 11.6 Å². The number of methoxy groups -OCH3 is 1. The van der Waals surface area contributed by atoms with Crippen LogP contribution in [0.2, 0.25) is 5.02 Å². The first kappa shape index (κ1) is 18.5. The summed E-state index contributed by atoms with van der Waals surface area (Å²) in [6.07, 6.45) is 1.36. The number of nitrogens with one attached hydrogen (secondary N) is 2. The molecule has 0 fully saturated rings. The van der Waals surface area contributed by atoms with Gasteiger partial charge in [-0.1, -0.05) is 35.9 Å². The molecule has 0 radical (unpaired) electrons. The van der Waals surface area contributed by atoms with Crippen LogP contribution in [0.15, 0.2) is 65.6 Å². The Balaban J connectivity index is 1.69.